The summed E-state index contributed by atoms with van der Waals surface area (Å²) >= 11 is 0. The quantitative estimate of drug-likeness (QED) is 0.804. The van der Waals surface area contributed by atoms with Crippen molar-refractivity contribution in [1.82, 2.24) is 4.90 Å². The lowest BCUT2D eigenvalue weighted by atomic mass is 10.1. The Hall–Kier alpha value is -1.42. The number of carbonyl (C=O) groups excluding carboxylic acids is 1. The molecular weight excluding hydrogens is 219 g/mol. The van der Waals surface area contributed by atoms with E-state index < -0.39 is 0 Å². The van der Waals surface area contributed by atoms with Gasteiger partial charge in [0.2, 0.25) is 0 Å². The van der Waals surface area contributed by atoms with Crippen molar-refractivity contribution in [3.8, 4) is 0 Å². The molecule has 2 N–H and O–H groups in total. The van der Waals surface area contributed by atoms with Crippen LogP contribution in [0.3, 0.4) is 0 Å². The Balaban J connectivity index is 2.17. The number of nitrogens with zero attached hydrogens (tertiary/aromatic N) is 1. The fourth-order valence-electron chi connectivity index (χ4n) is 2.12. The van der Waals surface area contributed by atoms with Crippen molar-refractivity contribution in [2.24, 2.45) is 11.7 Å². The maximum Gasteiger partial charge on any atom is 0.253 e. The number of amides is 1. The molecule has 1 fully saturated rings. The molecule has 2 rings (SSSR count). The summed E-state index contributed by atoms with van der Waals surface area (Å²) in [5.74, 6) is -0.0264. The van der Waals surface area contributed by atoms with Crippen LogP contribution < -0.4 is 5.73 Å². The number of hydrogen-bond donors (Lipinski definition) is 1. The number of halogens is 1. The van der Waals surface area contributed by atoms with E-state index >= 15 is 0 Å². The third-order valence-electron chi connectivity index (χ3n) is 3.36. The zero-order valence-corrected chi connectivity index (χ0v) is 10.1. The van der Waals surface area contributed by atoms with Gasteiger partial charge in [-0.1, -0.05) is 6.92 Å². The Kier molecular flexibility index (Phi) is 3.15. The number of carbonyl (C=O) groups is 1. The summed E-state index contributed by atoms with van der Waals surface area (Å²) in [6.45, 7) is 4.95. The number of hydrogen-bond acceptors (Lipinski definition) is 2. The monoisotopic (exact) mass is 236 g/mol. The Labute approximate surface area is 100 Å². The van der Waals surface area contributed by atoms with Crippen LogP contribution in [0, 0.1) is 18.7 Å². The zero-order valence-electron chi connectivity index (χ0n) is 10.1. The first-order valence-corrected chi connectivity index (χ1v) is 5.80. The molecule has 1 amide bonds. The molecule has 1 aromatic carbocycles. The van der Waals surface area contributed by atoms with Crippen LogP contribution in [-0.4, -0.2) is 29.9 Å². The van der Waals surface area contributed by atoms with Gasteiger partial charge in [-0.2, -0.15) is 0 Å². The Bertz CT molecular complexity index is 437. The van der Waals surface area contributed by atoms with Gasteiger partial charge < -0.3 is 10.6 Å². The summed E-state index contributed by atoms with van der Waals surface area (Å²) in [7, 11) is 0. The molecule has 0 bridgehead atoms. The van der Waals surface area contributed by atoms with Crippen molar-refractivity contribution < 1.29 is 9.18 Å². The minimum absolute atomic E-state index is 0.0421. The summed E-state index contributed by atoms with van der Waals surface area (Å²) < 4.78 is 13.1. The van der Waals surface area contributed by atoms with Crippen molar-refractivity contribution in [2.75, 3.05) is 13.1 Å². The summed E-state index contributed by atoms with van der Waals surface area (Å²) in [5.41, 5.74) is 6.91. The minimum atomic E-state index is -0.284. The van der Waals surface area contributed by atoms with E-state index in [0.29, 0.717) is 30.1 Å². The van der Waals surface area contributed by atoms with E-state index in [9.17, 15) is 9.18 Å². The number of nitrogens with two attached hydrogens (primary N) is 1. The zero-order chi connectivity index (χ0) is 12.6. The Morgan fingerprint density at radius 3 is 2.71 bits per heavy atom. The first kappa shape index (κ1) is 12.0. The van der Waals surface area contributed by atoms with Crippen LogP contribution in [0.15, 0.2) is 18.2 Å². The van der Waals surface area contributed by atoms with Gasteiger partial charge in [0.25, 0.3) is 5.91 Å². The van der Waals surface area contributed by atoms with Crippen LogP contribution in [0.1, 0.15) is 22.8 Å². The van der Waals surface area contributed by atoms with E-state index in [0.717, 1.165) is 0 Å². The van der Waals surface area contributed by atoms with Crippen molar-refractivity contribution in [3.63, 3.8) is 0 Å². The van der Waals surface area contributed by atoms with E-state index in [1.165, 1.54) is 12.1 Å². The minimum Gasteiger partial charge on any atom is -0.337 e. The first-order chi connectivity index (χ1) is 7.99. The topological polar surface area (TPSA) is 46.3 Å². The summed E-state index contributed by atoms with van der Waals surface area (Å²) in [4.78, 5) is 13.9. The fourth-order valence-corrected chi connectivity index (χ4v) is 2.12. The Morgan fingerprint density at radius 2 is 2.18 bits per heavy atom. The largest absolute Gasteiger partial charge is 0.337 e. The molecule has 0 saturated carbocycles. The molecule has 4 heteroatoms. The summed E-state index contributed by atoms with van der Waals surface area (Å²) in [5, 5.41) is 0. The molecular formula is C13H17FN2O. The maximum absolute atomic E-state index is 13.1. The lowest BCUT2D eigenvalue weighted by molar-refractivity contribution is 0.0786. The van der Waals surface area contributed by atoms with Gasteiger partial charge in [0.1, 0.15) is 5.82 Å². The highest BCUT2D eigenvalue weighted by Gasteiger charge is 2.30. The molecule has 0 spiro atoms. The standard InChI is InChI=1S/C13H17FN2O/c1-8-5-10(3-4-11(8)14)13(17)16-6-9(2)12(15)7-16/h3-5,9,12H,6-7,15H2,1-2H3. The molecule has 0 aliphatic carbocycles. The SMILES string of the molecule is Cc1cc(C(=O)N2CC(C)C(N)C2)ccc1F. The molecule has 1 aliphatic heterocycles. The van der Waals surface area contributed by atoms with E-state index in [1.807, 2.05) is 6.92 Å². The molecule has 1 aliphatic rings. The highest BCUT2D eigenvalue weighted by atomic mass is 19.1. The third-order valence-corrected chi connectivity index (χ3v) is 3.36. The van der Waals surface area contributed by atoms with Crippen molar-refractivity contribution >= 4 is 5.91 Å². The Morgan fingerprint density at radius 1 is 1.47 bits per heavy atom. The number of rotatable bonds is 1. The van der Waals surface area contributed by atoms with E-state index in [1.54, 1.807) is 17.9 Å². The number of likely N-dealkylation sites (tertiary alicyclic amines) is 1. The van der Waals surface area contributed by atoms with Crippen molar-refractivity contribution in [1.29, 1.82) is 0 Å². The van der Waals surface area contributed by atoms with Crippen LogP contribution in [0.2, 0.25) is 0 Å². The average Bonchev–Trinajstić information content (AvgIpc) is 2.62. The molecule has 92 valence electrons. The van der Waals surface area contributed by atoms with E-state index in [-0.39, 0.29) is 17.8 Å². The second kappa shape index (κ2) is 4.45. The van der Waals surface area contributed by atoms with Crippen LogP contribution in [0.25, 0.3) is 0 Å². The lowest BCUT2D eigenvalue weighted by Crippen LogP contribution is -2.32. The van der Waals surface area contributed by atoms with Crippen LogP contribution >= 0.6 is 0 Å². The summed E-state index contributed by atoms with van der Waals surface area (Å²) in [6, 6.07) is 4.49. The number of aryl methyl sites for hydroxylation is 1. The molecule has 1 aromatic rings. The smallest absolute Gasteiger partial charge is 0.253 e. The molecule has 2 unspecified atom stereocenters. The van der Waals surface area contributed by atoms with Gasteiger partial charge in [0.05, 0.1) is 0 Å². The number of benzene rings is 1. The third kappa shape index (κ3) is 2.31. The van der Waals surface area contributed by atoms with Crippen molar-refractivity contribution in [3.05, 3.63) is 35.1 Å². The van der Waals surface area contributed by atoms with E-state index in [4.69, 9.17) is 5.73 Å². The maximum atomic E-state index is 13.1. The molecule has 0 radical (unpaired) electrons. The first-order valence-electron chi connectivity index (χ1n) is 5.80. The van der Waals surface area contributed by atoms with Gasteiger partial charge in [-0.25, -0.2) is 4.39 Å². The lowest BCUT2D eigenvalue weighted by Gasteiger charge is -2.16. The molecule has 3 nitrogen and oxygen atoms in total. The summed E-state index contributed by atoms with van der Waals surface area (Å²) in [6.07, 6.45) is 0. The second-order valence-corrected chi connectivity index (χ2v) is 4.82. The van der Waals surface area contributed by atoms with Gasteiger partial charge in [-0.3, -0.25) is 4.79 Å². The normalized spacial score (nSPS) is 24.1. The highest BCUT2D eigenvalue weighted by molar-refractivity contribution is 5.94. The predicted octanol–water partition coefficient (Wildman–Crippen LogP) is 1.55. The molecule has 2 atom stereocenters. The van der Waals surface area contributed by atoms with Gasteiger partial charge >= 0.3 is 0 Å². The van der Waals surface area contributed by atoms with Gasteiger partial charge in [0.15, 0.2) is 0 Å². The molecule has 1 heterocycles. The molecule has 0 aromatic heterocycles. The highest BCUT2D eigenvalue weighted by Crippen LogP contribution is 2.18. The van der Waals surface area contributed by atoms with E-state index in [2.05, 4.69) is 0 Å². The van der Waals surface area contributed by atoms with Crippen LogP contribution in [0.5, 0.6) is 0 Å². The van der Waals surface area contributed by atoms with Gasteiger partial charge in [0, 0.05) is 24.7 Å². The second-order valence-electron chi connectivity index (χ2n) is 4.82. The predicted molar refractivity (Wildman–Crippen MR) is 64.2 cm³/mol. The van der Waals surface area contributed by atoms with Crippen LogP contribution in [0.4, 0.5) is 4.39 Å². The van der Waals surface area contributed by atoms with Crippen LogP contribution in [-0.2, 0) is 0 Å². The fraction of sp³-hybridized carbons (Fsp3) is 0.462. The molecule has 17 heavy (non-hydrogen) atoms. The van der Waals surface area contributed by atoms with Gasteiger partial charge in [-0.05, 0) is 36.6 Å². The van der Waals surface area contributed by atoms with Crippen molar-refractivity contribution in [2.45, 2.75) is 19.9 Å². The molecule has 1 saturated heterocycles. The average molecular weight is 236 g/mol. The van der Waals surface area contributed by atoms with Gasteiger partial charge in [-0.15, -0.1) is 0 Å².